The average Bonchev–Trinajstić information content (AvgIpc) is 3.46. The maximum absolute atomic E-state index is 12.5. The minimum absolute atomic E-state index is 0.245. The molecule has 0 saturated carbocycles. The van der Waals surface area contributed by atoms with E-state index < -0.39 is 0 Å². The van der Waals surface area contributed by atoms with Gasteiger partial charge in [0.15, 0.2) is 5.76 Å². The molecule has 164 valence electrons. The second kappa shape index (κ2) is 8.63. The Morgan fingerprint density at radius 2 is 1.94 bits per heavy atom. The number of benzene rings is 1. The highest BCUT2D eigenvalue weighted by atomic mass is 16.3. The number of aromatic amines is 1. The fraction of sp³-hybridized carbons (Fsp3) is 0.115. The van der Waals surface area contributed by atoms with E-state index in [4.69, 9.17) is 4.42 Å². The fourth-order valence-electron chi connectivity index (χ4n) is 4.01. The van der Waals surface area contributed by atoms with Gasteiger partial charge >= 0.3 is 0 Å². The first kappa shape index (κ1) is 20.5. The van der Waals surface area contributed by atoms with Crippen LogP contribution in [0.4, 0.5) is 11.5 Å². The van der Waals surface area contributed by atoms with Crippen molar-refractivity contribution in [3.63, 3.8) is 0 Å². The molecule has 5 rings (SSSR count). The normalized spacial score (nSPS) is 11.9. The molecule has 0 aliphatic heterocycles. The van der Waals surface area contributed by atoms with Crippen LogP contribution in [0.2, 0.25) is 0 Å². The van der Waals surface area contributed by atoms with E-state index in [1.165, 1.54) is 6.26 Å². The van der Waals surface area contributed by atoms with Crippen molar-refractivity contribution < 1.29 is 9.21 Å². The summed E-state index contributed by atoms with van der Waals surface area (Å²) in [7, 11) is 0. The lowest BCUT2D eigenvalue weighted by Crippen LogP contribution is -2.15. The molecule has 33 heavy (non-hydrogen) atoms. The molecule has 3 N–H and O–H groups in total. The van der Waals surface area contributed by atoms with Crippen LogP contribution >= 0.6 is 0 Å². The van der Waals surface area contributed by atoms with Crippen LogP contribution in [0.5, 0.6) is 0 Å². The van der Waals surface area contributed by atoms with Gasteiger partial charge in [0.1, 0.15) is 5.82 Å². The van der Waals surface area contributed by atoms with Gasteiger partial charge < -0.3 is 20.0 Å². The molecule has 0 spiro atoms. The number of nitrogens with one attached hydrogen (secondary N) is 3. The first-order chi connectivity index (χ1) is 16.1. The Bertz CT molecular complexity index is 1410. The summed E-state index contributed by atoms with van der Waals surface area (Å²) in [5.74, 6) is 0.734. The van der Waals surface area contributed by atoms with Crippen LogP contribution in [0, 0.1) is 13.8 Å². The second-order valence-corrected chi connectivity index (χ2v) is 7.85. The van der Waals surface area contributed by atoms with Gasteiger partial charge in [0, 0.05) is 39.7 Å². The molecule has 0 aliphatic carbocycles. The molecule has 5 aromatic rings. The zero-order valence-electron chi connectivity index (χ0n) is 18.3. The maximum Gasteiger partial charge on any atom is 0.291 e. The van der Waals surface area contributed by atoms with Crippen molar-refractivity contribution in [2.75, 3.05) is 10.6 Å². The molecule has 1 amide bonds. The number of H-pyrrole nitrogens is 1. The van der Waals surface area contributed by atoms with Crippen molar-refractivity contribution in [2.24, 2.45) is 0 Å². The number of furan rings is 1. The molecular weight excluding hydrogens is 414 g/mol. The lowest BCUT2D eigenvalue weighted by Gasteiger charge is -2.20. The highest BCUT2D eigenvalue weighted by Crippen LogP contribution is 2.35. The predicted octanol–water partition coefficient (Wildman–Crippen LogP) is 5.62. The van der Waals surface area contributed by atoms with E-state index in [0.29, 0.717) is 5.69 Å². The monoisotopic (exact) mass is 437 g/mol. The molecule has 0 bridgehead atoms. The van der Waals surface area contributed by atoms with Crippen LogP contribution in [-0.2, 0) is 0 Å². The Balaban J connectivity index is 1.58. The predicted molar refractivity (Wildman–Crippen MR) is 128 cm³/mol. The summed E-state index contributed by atoms with van der Waals surface area (Å²) in [5, 5.41) is 7.46. The van der Waals surface area contributed by atoms with E-state index in [-0.39, 0.29) is 17.7 Å². The highest BCUT2D eigenvalue weighted by molar-refractivity contribution is 6.03. The van der Waals surface area contributed by atoms with Crippen LogP contribution in [0.1, 0.15) is 39.2 Å². The van der Waals surface area contributed by atoms with Gasteiger partial charge in [-0.1, -0.05) is 12.1 Å². The lowest BCUT2D eigenvalue weighted by atomic mass is 9.99. The van der Waals surface area contributed by atoms with Crippen molar-refractivity contribution in [3.05, 3.63) is 108 Å². The molecule has 7 heteroatoms. The third-order valence-corrected chi connectivity index (χ3v) is 5.49. The number of pyridine rings is 2. The van der Waals surface area contributed by atoms with E-state index in [1.54, 1.807) is 18.3 Å². The number of fused-ring (bicyclic) bond motifs is 1. The molecule has 1 unspecified atom stereocenters. The van der Waals surface area contributed by atoms with E-state index in [0.717, 1.165) is 39.4 Å². The van der Waals surface area contributed by atoms with Crippen LogP contribution in [0.15, 0.2) is 83.6 Å². The number of nitrogens with zero attached hydrogens (tertiary/aromatic N) is 2. The van der Waals surface area contributed by atoms with Gasteiger partial charge in [-0.15, -0.1) is 0 Å². The number of carbonyl (C=O) groups excluding carboxylic acids is 1. The van der Waals surface area contributed by atoms with Crippen molar-refractivity contribution >= 4 is 28.3 Å². The summed E-state index contributed by atoms with van der Waals surface area (Å²) in [6, 6.07) is 20.6. The zero-order valence-corrected chi connectivity index (χ0v) is 18.3. The number of hydrogen-bond acceptors (Lipinski definition) is 5. The molecule has 0 radical (unpaired) electrons. The highest BCUT2D eigenvalue weighted by Gasteiger charge is 2.23. The van der Waals surface area contributed by atoms with Gasteiger partial charge in [0.05, 0.1) is 18.0 Å². The summed E-state index contributed by atoms with van der Waals surface area (Å²) >= 11 is 0. The van der Waals surface area contributed by atoms with E-state index in [2.05, 4.69) is 25.6 Å². The van der Waals surface area contributed by atoms with Crippen molar-refractivity contribution in [2.45, 2.75) is 19.9 Å². The molecule has 7 nitrogen and oxygen atoms in total. The largest absolute Gasteiger partial charge is 0.459 e. The zero-order chi connectivity index (χ0) is 22.8. The minimum atomic E-state index is -0.295. The third-order valence-electron chi connectivity index (χ3n) is 5.49. The van der Waals surface area contributed by atoms with Gasteiger partial charge in [-0.25, -0.2) is 4.98 Å². The standard InChI is InChI=1S/C26H23N5O2/c1-16-7-5-10-23(28-16)31-25(21-8-3-4-13-27-21)24-17(2)29-20-12-11-18(15-19(20)24)30-26(32)22-9-6-14-33-22/h3-15,25,29H,1-2H3,(H,28,31)(H,30,32). The molecule has 1 aromatic carbocycles. The number of hydrogen-bond donors (Lipinski definition) is 3. The first-order valence-corrected chi connectivity index (χ1v) is 10.7. The van der Waals surface area contributed by atoms with Crippen molar-refractivity contribution in [3.8, 4) is 0 Å². The quantitative estimate of drug-likeness (QED) is 0.320. The number of amides is 1. The second-order valence-electron chi connectivity index (χ2n) is 7.85. The Kier molecular flexibility index (Phi) is 5.36. The number of aromatic nitrogens is 3. The van der Waals surface area contributed by atoms with E-state index >= 15 is 0 Å². The van der Waals surface area contributed by atoms with Gasteiger partial charge in [-0.2, -0.15) is 0 Å². The first-order valence-electron chi connectivity index (χ1n) is 10.7. The van der Waals surface area contributed by atoms with E-state index in [9.17, 15) is 4.79 Å². The average molecular weight is 438 g/mol. The lowest BCUT2D eigenvalue weighted by molar-refractivity contribution is 0.0996. The Labute approximate surface area is 190 Å². The van der Waals surface area contributed by atoms with Gasteiger partial charge in [0.25, 0.3) is 5.91 Å². The molecule has 1 atom stereocenters. The van der Waals surface area contributed by atoms with Crippen LogP contribution in [0.3, 0.4) is 0 Å². The molecule has 4 heterocycles. The van der Waals surface area contributed by atoms with Gasteiger partial charge in [-0.05, 0) is 68.4 Å². The SMILES string of the molecule is Cc1cccc(NC(c2ccccn2)c2c(C)[nH]c3ccc(NC(=O)c4ccco4)cc23)n1. The Hall–Kier alpha value is -4.39. The maximum atomic E-state index is 12.5. The number of carbonyl (C=O) groups is 1. The number of anilines is 2. The number of aryl methyl sites for hydroxylation is 2. The van der Waals surface area contributed by atoms with Crippen LogP contribution in [0.25, 0.3) is 10.9 Å². The van der Waals surface area contributed by atoms with Gasteiger partial charge in [0.2, 0.25) is 0 Å². The molecule has 0 saturated heterocycles. The minimum Gasteiger partial charge on any atom is -0.459 e. The van der Waals surface area contributed by atoms with Gasteiger partial charge in [-0.3, -0.25) is 9.78 Å². The summed E-state index contributed by atoms with van der Waals surface area (Å²) in [6.45, 7) is 4.00. The smallest absolute Gasteiger partial charge is 0.291 e. The summed E-state index contributed by atoms with van der Waals surface area (Å²) in [6.07, 6.45) is 3.26. The summed E-state index contributed by atoms with van der Waals surface area (Å²) < 4.78 is 5.21. The summed E-state index contributed by atoms with van der Waals surface area (Å²) in [4.78, 5) is 25.2. The molecule has 4 aromatic heterocycles. The van der Waals surface area contributed by atoms with Crippen molar-refractivity contribution in [1.29, 1.82) is 0 Å². The van der Waals surface area contributed by atoms with E-state index in [1.807, 2.05) is 68.4 Å². The number of rotatable bonds is 6. The Morgan fingerprint density at radius 3 is 2.70 bits per heavy atom. The van der Waals surface area contributed by atoms with Crippen LogP contribution in [-0.4, -0.2) is 20.9 Å². The molecular formula is C26H23N5O2. The Morgan fingerprint density at radius 1 is 1.03 bits per heavy atom. The fourth-order valence-corrected chi connectivity index (χ4v) is 4.01. The van der Waals surface area contributed by atoms with Crippen LogP contribution < -0.4 is 10.6 Å². The molecule has 0 aliphatic rings. The molecule has 0 fully saturated rings. The summed E-state index contributed by atoms with van der Waals surface area (Å²) in [5.41, 5.74) is 5.50. The third kappa shape index (κ3) is 4.21. The topological polar surface area (TPSA) is 95.8 Å². The van der Waals surface area contributed by atoms with Crippen molar-refractivity contribution in [1.82, 2.24) is 15.0 Å².